The highest BCUT2D eigenvalue weighted by Gasteiger charge is 2.35. The van der Waals surface area contributed by atoms with Crippen molar-refractivity contribution in [3.05, 3.63) is 115 Å². The molecule has 38 heavy (non-hydrogen) atoms. The third-order valence-corrected chi connectivity index (χ3v) is 9.30. The average Bonchev–Trinajstić information content (AvgIpc) is 3.36. The van der Waals surface area contributed by atoms with Gasteiger partial charge in [-0.25, -0.2) is 0 Å². The molecule has 0 fully saturated rings. The molecule has 0 saturated carbocycles. The fourth-order valence-electron chi connectivity index (χ4n) is 6.58. The lowest BCUT2D eigenvalue weighted by Crippen LogP contribution is -2.42. The number of anilines is 3. The number of nitrogens with zero attached hydrogens (tertiary/aromatic N) is 1. The molecule has 3 heterocycles. The second-order valence-corrected chi connectivity index (χ2v) is 11.3. The first-order valence-electron chi connectivity index (χ1n) is 13.1. The van der Waals surface area contributed by atoms with Gasteiger partial charge >= 0.3 is 0 Å². The van der Waals surface area contributed by atoms with Crippen LogP contribution in [-0.2, 0) is 0 Å². The molecule has 0 atom stereocenters. The van der Waals surface area contributed by atoms with Gasteiger partial charge in [0.05, 0.1) is 16.9 Å². The Morgan fingerprint density at radius 3 is 2.34 bits per heavy atom. The molecular formula is C34H21BN2S. The first kappa shape index (κ1) is 20.6. The summed E-state index contributed by atoms with van der Waals surface area (Å²) in [7, 11) is 0.911. The Labute approximate surface area is 225 Å². The van der Waals surface area contributed by atoms with E-state index in [0.717, 1.165) is 7.28 Å². The van der Waals surface area contributed by atoms with E-state index in [1.807, 2.05) is 11.8 Å². The van der Waals surface area contributed by atoms with Crippen molar-refractivity contribution in [2.24, 2.45) is 0 Å². The Morgan fingerprint density at radius 1 is 0.605 bits per heavy atom. The summed E-state index contributed by atoms with van der Waals surface area (Å²) in [6.45, 7) is 0. The molecule has 0 spiro atoms. The van der Waals surface area contributed by atoms with Crippen LogP contribution in [0.1, 0.15) is 0 Å². The van der Waals surface area contributed by atoms with Crippen LogP contribution in [0.2, 0.25) is 0 Å². The van der Waals surface area contributed by atoms with Gasteiger partial charge in [-0.2, -0.15) is 0 Å². The maximum Gasteiger partial charge on any atom is 0.198 e. The number of hydrogen-bond donors (Lipinski definition) is 1. The summed E-state index contributed by atoms with van der Waals surface area (Å²) in [4.78, 5) is 8.95. The van der Waals surface area contributed by atoms with Gasteiger partial charge in [-0.1, -0.05) is 102 Å². The molecule has 0 aliphatic carbocycles. The van der Waals surface area contributed by atoms with Crippen molar-refractivity contribution in [3.8, 4) is 11.1 Å². The monoisotopic (exact) mass is 500 g/mol. The smallest absolute Gasteiger partial charge is 0.198 e. The van der Waals surface area contributed by atoms with Crippen LogP contribution in [0.5, 0.6) is 0 Å². The van der Waals surface area contributed by atoms with Gasteiger partial charge in [-0.15, -0.1) is 0 Å². The van der Waals surface area contributed by atoms with E-state index in [2.05, 4.69) is 125 Å². The number of para-hydroxylation sites is 4. The van der Waals surface area contributed by atoms with E-state index in [-0.39, 0.29) is 0 Å². The Balaban J connectivity index is 1.43. The third kappa shape index (κ3) is 2.70. The van der Waals surface area contributed by atoms with Crippen LogP contribution in [0.4, 0.5) is 17.1 Å². The molecule has 0 radical (unpaired) electrons. The largest absolute Gasteiger partial charge is 0.354 e. The van der Waals surface area contributed by atoms with E-state index in [1.165, 1.54) is 81.5 Å². The van der Waals surface area contributed by atoms with E-state index >= 15 is 0 Å². The van der Waals surface area contributed by atoms with E-state index in [4.69, 9.17) is 0 Å². The number of H-pyrrole nitrogens is 1. The van der Waals surface area contributed by atoms with Gasteiger partial charge in [-0.3, -0.25) is 0 Å². The minimum atomic E-state index is 0.911. The van der Waals surface area contributed by atoms with Gasteiger partial charge in [0.2, 0.25) is 0 Å². The fourth-order valence-corrected chi connectivity index (χ4v) is 7.69. The van der Waals surface area contributed by atoms with Crippen LogP contribution in [-0.4, -0.2) is 12.3 Å². The normalized spacial score (nSPS) is 13.3. The highest BCUT2D eigenvalue weighted by Crippen LogP contribution is 2.53. The number of fused-ring (bicyclic) bond motifs is 9. The lowest BCUT2D eigenvalue weighted by molar-refractivity contribution is 1.18. The zero-order valence-corrected chi connectivity index (χ0v) is 21.3. The minimum Gasteiger partial charge on any atom is -0.354 e. The van der Waals surface area contributed by atoms with Crippen LogP contribution < -0.4 is 15.8 Å². The first-order chi connectivity index (χ1) is 18.8. The van der Waals surface area contributed by atoms with Gasteiger partial charge in [0, 0.05) is 42.7 Å². The highest BCUT2D eigenvalue weighted by atomic mass is 32.2. The maximum atomic E-state index is 3.76. The third-order valence-electron chi connectivity index (χ3n) is 8.18. The SMILES string of the molecule is B1c2cccc3c2N(c2ccccc2S3)c2c1c(-c1cccc3c1[nH]c1ccccc13)cc1ccccc21. The molecule has 0 saturated heterocycles. The Morgan fingerprint density at radius 2 is 1.37 bits per heavy atom. The molecule has 176 valence electrons. The minimum absolute atomic E-state index is 0.911. The van der Waals surface area contributed by atoms with Gasteiger partial charge in [0.15, 0.2) is 7.28 Å². The number of aromatic nitrogens is 1. The second kappa shape index (κ2) is 7.56. The summed E-state index contributed by atoms with van der Waals surface area (Å²) in [6.07, 6.45) is 0. The quantitative estimate of drug-likeness (QED) is 0.232. The summed E-state index contributed by atoms with van der Waals surface area (Å²) in [5.74, 6) is 0. The lowest BCUT2D eigenvalue weighted by Gasteiger charge is -2.40. The van der Waals surface area contributed by atoms with Crippen LogP contribution in [0, 0.1) is 0 Å². The van der Waals surface area contributed by atoms with Gasteiger partial charge < -0.3 is 9.88 Å². The van der Waals surface area contributed by atoms with Crippen LogP contribution in [0.25, 0.3) is 43.7 Å². The van der Waals surface area contributed by atoms with Crippen molar-refractivity contribution in [3.63, 3.8) is 0 Å². The molecule has 7 aromatic rings. The number of aromatic amines is 1. The molecule has 4 heteroatoms. The van der Waals surface area contributed by atoms with Crippen molar-refractivity contribution >= 4 is 79.6 Å². The van der Waals surface area contributed by atoms with Gasteiger partial charge in [0.1, 0.15) is 0 Å². The van der Waals surface area contributed by atoms with Crippen molar-refractivity contribution in [1.29, 1.82) is 0 Å². The molecule has 0 amide bonds. The molecule has 0 bridgehead atoms. The molecule has 2 aliphatic heterocycles. The summed E-state index contributed by atoms with van der Waals surface area (Å²) in [5, 5.41) is 5.12. The molecule has 6 aromatic carbocycles. The van der Waals surface area contributed by atoms with Crippen molar-refractivity contribution in [1.82, 2.24) is 4.98 Å². The zero-order chi connectivity index (χ0) is 24.8. The second-order valence-electron chi connectivity index (χ2n) is 10.2. The first-order valence-corrected chi connectivity index (χ1v) is 13.9. The molecule has 2 nitrogen and oxygen atoms in total. The van der Waals surface area contributed by atoms with E-state index in [9.17, 15) is 0 Å². The highest BCUT2D eigenvalue weighted by molar-refractivity contribution is 7.99. The van der Waals surface area contributed by atoms with E-state index in [0.29, 0.717) is 0 Å². The average molecular weight is 500 g/mol. The molecular weight excluding hydrogens is 479 g/mol. The topological polar surface area (TPSA) is 19.0 Å². The predicted molar refractivity (Wildman–Crippen MR) is 164 cm³/mol. The molecule has 1 aromatic heterocycles. The summed E-state index contributed by atoms with van der Waals surface area (Å²) >= 11 is 1.89. The zero-order valence-electron chi connectivity index (χ0n) is 20.5. The van der Waals surface area contributed by atoms with E-state index in [1.54, 1.807) is 0 Å². The van der Waals surface area contributed by atoms with Crippen molar-refractivity contribution < 1.29 is 0 Å². The number of benzene rings is 6. The summed E-state index contributed by atoms with van der Waals surface area (Å²) in [6, 6.07) is 42.3. The van der Waals surface area contributed by atoms with Crippen LogP contribution in [0.3, 0.4) is 0 Å². The van der Waals surface area contributed by atoms with Crippen LogP contribution >= 0.6 is 11.8 Å². The standard InChI is InChI=1S/C34H21BN2S/c1-2-10-21-20(9-1)19-25(24-13-7-12-23-22-11-3-4-15-27(22)36-32(23)24)31-33(21)37-28-16-5-6-17-29(28)38-30-18-8-14-26(35-31)34(30)37/h1-19,35-36H. The maximum absolute atomic E-state index is 3.76. The molecule has 0 unspecified atom stereocenters. The summed E-state index contributed by atoms with van der Waals surface area (Å²) in [5.41, 5.74) is 11.7. The number of hydrogen-bond acceptors (Lipinski definition) is 2. The number of rotatable bonds is 1. The van der Waals surface area contributed by atoms with Crippen molar-refractivity contribution in [2.75, 3.05) is 4.90 Å². The summed E-state index contributed by atoms with van der Waals surface area (Å²) < 4.78 is 0. The lowest BCUT2D eigenvalue weighted by atomic mass is 9.57. The number of nitrogens with one attached hydrogen (secondary N) is 1. The van der Waals surface area contributed by atoms with Gasteiger partial charge in [0.25, 0.3) is 0 Å². The van der Waals surface area contributed by atoms with Gasteiger partial charge in [-0.05, 0) is 46.7 Å². The Bertz CT molecular complexity index is 2110. The Kier molecular flexibility index (Phi) is 4.11. The molecule has 9 rings (SSSR count). The molecule has 1 N–H and O–H groups in total. The molecule has 2 aliphatic rings. The van der Waals surface area contributed by atoms with E-state index < -0.39 is 0 Å². The van der Waals surface area contributed by atoms with Crippen LogP contribution in [0.15, 0.2) is 125 Å². The predicted octanol–water partition coefficient (Wildman–Crippen LogP) is 7.78. The Hall–Kier alpha value is -4.41. The fraction of sp³-hybridized carbons (Fsp3) is 0. The van der Waals surface area contributed by atoms with Crippen molar-refractivity contribution in [2.45, 2.75) is 9.79 Å².